The molecule has 1 aromatic rings. The third kappa shape index (κ3) is 4.28. The van der Waals surface area contributed by atoms with Crippen molar-refractivity contribution in [2.24, 2.45) is 5.73 Å². The molecule has 0 saturated heterocycles. The van der Waals surface area contributed by atoms with Gasteiger partial charge in [-0.1, -0.05) is 23.9 Å². The van der Waals surface area contributed by atoms with Gasteiger partial charge in [0.05, 0.1) is 11.4 Å². The first-order valence-electron chi connectivity index (χ1n) is 4.87. The molecule has 0 radical (unpaired) electrons. The summed E-state index contributed by atoms with van der Waals surface area (Å²) < 4.78 is 0. The Balaban J connectivity index is 2.71. The predicted molar refractivity (Wildman–Crippen MR) is 69.4 cm³/mol. The highest BCUT2D eigenvalue weighted by molar-refractivity contribution is 8.14. The van der Waals surface area contributed by atoms with Crippen LogP contribution in [0.5, 0.6) is 0 Å². The molecule has 0 saturated carbocycles. The van der Waals surface area contributed by atoms with Crippen LogP contribution in [0.25, 0.3) is 0 Å². The van der Waals surface area contributed by atoms with E-state index in [-0.39, 0.29) is 22.6 Å². The van der Waals surface area contributed by atoms with E-state index >= 15 is 0 Å². The van der Waals surface area contributed by atoms with Crippen LogP contribution in [0.2, 0.25) is 0 Å². The molecule has 0 aromatic heterocycles. The third-order valence-electron chi connectivity index (χ3n) is 1.94. The van der Waals surface area contributed by atoms with Crippen molar-refractivity contribution in [1.82, 2.24) is 0 Å². The Morgan fingerprint density at radius 3 is 2.65 bits per heavy atom. The number of ketones is 1. The zero-order chi connectivity index (χ0) is 12.8. The van der Waals surface area contributed by atoms with Gasteiger partial charge in [0, 0.05) is 5.56 Å². The fourth-order valence-electron chi connectivity index (χ4n) is 1.23. The van der Waals surface area contributed by atoms with Gasteiger partial charge in [0.25, 0.3) is 0 Å². The zero-order valence-corrected chi connectivity index (χ0v) is 10.1. The Morgan fingerprint density at radius 1 is 1.41 bits per heavy atom. The molecule has 90 valence electrons. The SMILES string of the molecule is CC(=O)c1ccccc1NC(=O)CSC(=N)N. The number of nitrogens with one attached hydrogen (secondary N) is 2. The number of nitrogens with two attached hydrogens (primary N) is 1. The van der Waals surface area contributed by atoms with Crippen molar-refractivity contribution in [3.05, 3.63) is 29.8 Å². The van der Waals surface area contributed by atoms with Crippen molar-refractivity contribution in [3.8, 4) is 0 Å². The van der Waals surface area contributed by atoms with Crippen LogP contribution in [0, 0.1) is 5.41 Å². The number of thioether (sulfide) groups is 1. The number of benzene rings is 1. The summed E-state index contributed by atoms with van der Waals surface area (Å²) >= 11 is 0.937. The minimum Gasteiger partial charge on any atom is -0.379 e. The van der Waals surface area contributed by atoms with E-state index in [0.29, 0.717) is 11.3 Å². The number of amidine groups is 1. The number of amides is 1. The lowest BCUT2D eigenvalue weighted by atomic mass is 10.1. The minimum atomic E-state index is -0.293. The standard InChI is InChI=1S/C11H13N3O2S/c1-7(15)8-4-2-3-5-9(8)14-10(16)6-17-11(12)13/h2-5H,6H2,1H3,(H3,12,13)(H,14,16). The molecule has 0 fully saturated rings. The zero-order valence-electron chi connectivity index (χ0n) is 9.32. The van der Waals surface area contributed by atoms with Gasteiger partial charge in [0.15, 0.2) is 11.0 Å². The largest absolute Gasteiger partial charge is 0.379 e. The maximum absolute atomic E-state index is 11.5. The van der Waals surface area contributed by atoms with Gasteiger partial charge < -0.3 is 11.1 Å². The summed E-state index contributed by atoms with van der Waals surface area (Å²) in [5.41, 5.74) is 6.07. The Labute approximate surface area is 103 Å². The van der Waals surface area contributed by atoms with Crippen LogP contribution in [0.3, 0.4) is 0 Å². The van der Waals surface area contributed by atoms with Crippen molar-refractivity contribution in [2.45, 2.75) is 6.92 Å². The van der Waals surface area contributed by atoms with Gasteiger partial charge in [0.1, 0.15) is 0 Å². The van der Waals surface area contributed by atoms with Crippen molar-refractivity contribution < 1.29 is 9.59 Å². The van der Waals surface area contributed by atoms with Crippen molar-refractivity contribution in [1.29, 1.82) is 5.41 Å². The van der Waals surface area contributed by atoms with E-state index < -0.39 is 0 Å². The summed E-state index contributed by atoms with van der Waals surface area (Å²) in [5, 5.41) is 9.49. The molecule has 1 amide bonds. The maximum atomic E-state index is 11.5. The number of hydrogen-bond donors (Lipinski definition) is 3. The molecular weight excluding hydrogens is 238 g/mol. The van der Waals surface area contributed by atoms with E-state index in [1.807, 2.05) is 0 Å². The van der Waals surface area contributed by atoms with Gasteiger partial charge in [-0.05, 0) is 19.1 Å². The van der Waals surface area contributed by atoms with E-state index in [9.17, 15) is 9.59 Å². The average molecular weight is 251 g/mol. The van der Waals surface area contributed by atoms with E-state index in [4.69, 9.17) is 11.1 Å². The second kappa shape index (κ2) is 6.05. The van der Waals surface area contributed by atoms with Crippen LogP contribution in [0.4, 0.5) is 5.69 Å². The Kier molecular flexibility index (Phi) is 4.71. The normalized spacial score (nSPS) is 9.71. The van der Waals surface area contributed by atoms with Crippen LogP contribution in [0.1, 0.15) is 17.3 Å². The van der Waals surface area contributed by atoms with Gasteiger partial charge >= 0.3 is 0 Å². The fourth-order valence-corrected chi connectivity index (χ4v) is 1.59. The van der Waals surface area contributed by atoms with Gasteiger partial charge in [-0.15, -0.1) is 0 Å². The second-order valence-corrected chi connectivity index (χ2v) is 4.32. The third-order valence-corrected chi connectivity index (χ3v) is 2.66. The molecule has 17 heavy (non-hydrogen) atoms. The quantitative estimate of drug-likeness (QED) is 0.429. The molecule has 0 aliphatic heterocycles. The van der Waals surface area contributed by atoms with E-state index in [0.717, 1.165) is 11.8 Å². The number of para-hydroxylation sites is 1. The lowest BCUT2D eigenvalue weighted by molar-refractivity contribution is -0.113. The van der Waals surface area contributed by atoms with Crippen LogP contribution >= 0.6 is 11.8 Å². The van der Waals surface area contributed by atoms with Gasteiger partial charge in [-0.3, -0.25) is 15.0 Å². The highest BCUT2D eigenvalue weighted by Gasteiger charge is 2.09. The molecule has 0 heterocycles. The Bertz CT molecular complexity index is 460. The molecule has 0 atom stereocenters. The minimum absolute atomic E-state index is 0.0571. The van der Waals surface area contributed by atoms with Crippen LogP contribution in [-0.4, -0.2) is 22.6 Å². The molecular formula is C11H13N3O2S. The number of anilines is 1. The molecule has 0 aliphatic carbocycles. The monoisotopic (exact) mass is 251 g/mol. The maximum Gasteiger partial charge on any atom is 0.234 e. The summed E-state index contributed by atoms with van der Waals surface area (Å²) in [6.07, 6.45) is 0. The van der Waals surface area contributed by atoms with Crippen molar-refractivity contribution in [2.75, 3.05) is 11.1 Å². The van der Waals surface area contributed by atoms with Crippen molar-refractivity contribution in [3.63, 3.8) is 0 Å². The number of carbonyl (C=O) groups is 2. The summed E-state index contributed by atoms with van der Waals surface area (Å²) in [6.45, 7) is 1.44. The molecule has 0 unspecified atom stereocenters. The lowest BCUT2D eigenvalue weighted by Gasteiger charge is -2.08. The summed E-state index contributed by atoms with van der Waals surface area (Å²) in [4.78, 5) is 22.8. The number of carbonyl (C=O) groups excluding carboxylic acids is 2. The van der Waals surface area contributed by atoms with Crippen LogP contribution in [0.15, 0.2) is 24.3 Å². The van der Waals surface area contributed by atoms with Gasteiger partial charge in [-0.25, -0.2) is 0 Å². The first-order valence-corrected chi connectivity index (χ1v) is 5.86. The molecule has 0 aliphatic rings. The Hall–Kier alpha value is -1.82. The molecule has 1 aromatic carbocycles. The predicted octanol–water partition coefficient (Wildman–Crippen LogP) is 1.45. The molecule has 4 N–H and O–H groups in total. The Morgan fingerprint density at radius 2 is 2.06 bits per heavy atom. The smallest absolute Gasteiger partial charge is 0.234 e. The summed E-state index contributed by atoms with van der Waals surface area (Å²) in [5.74, 6) is -0.347. The molecule has 5 nitrogen and oxygen atoms in total. The van der Waals surface area contributed by atoms with Gasteiger partial charge in [-0.2, -0.15) is 0 Å². The highest BCUT2D eigenvalue weighted by atomic mass is 32.2. The lowest BCUT2D eigenvalue weighted by Crippen LogP contribution is -2.18. The van der Waals surface area contributed by atoms with Crippen LogP contribution in [-0.2, 0) is 4.79 Å². The first kappa shape index (κ1) is 13.2. The molecule has 1 rings (SSSR count). The number of hydrogen-bond acceptors (Lipinski definition) is 4. The van der Waals surface area contributed by atoms with E-state index in [2.05, 4.69) is 5.32 Å². The van der Waals surface area contributed by atoms with Crippen LogP contribution < -0.4 is 11.1 Å². The number of rotatable bonds is 4. The molecule has 0 spiro atoms. The highest BCUT2D eigenvalue weighted by Crippen LogP contribution is 2.15. The topological polar surface area (TPSA) is 96.0 Å². The molecule has 0 bridgehead atoms. The summed E-state index contributed by atoms with van der Waals surface area (Å²) in [6, 6.07) is 6.78. The van der Waals surface area contributed by atoms with E-state index in [1.165, 1.54) is 6.92 Å². The van der Waals surface area contributed by atoms with Crippen molar-refractivity contribution >= 4 is 34.3 Å². The number of Topliss-reactive ketones (excluding diaryl/α,β-unsaturated/α-hetero) is 1. The summed E-state index contributed by atoms with van der Waals surface area (Å²) in [7, 11) is 0. The van der Waals surface area contributed by atoms with Gasteiger partial charge in [0.2, 0.25) is 5.91 Å². The van der Waals surface area contributed by atoms with E-state index in [1.54, 1.807) is 24.3 Å². The first-order chi connectivity index (χ1) is 8.00. The fraction of sp³-hybridized carbons (Fsp3) is 0.182. The second-order valence-electron chi connectivity index (χ2n) is 3.30. The average Bonchev–Trinajstić information content (AvgIpc) is 2.27. The molecule has 6 heteroatoms.